The van der Waals surface area contributed by atoms with E-state index in [9.17, 15) is 4.39 Å². The van der Waals surface area contributed by atoms with Gasteiger partial charge in [0.15, 0.2) is 0 Å². The second-order valence-electron chi connectivity index (χ2n) is 4.35. The molecule has 4 N–H and O–H groups in total. The van der Waals surface area contributed by atoms with Crippen molar-refractivity contribution in [3.63, 3.8) is 0 Å². The van der Waals surface area contributed by atoms with Gasteiger partial charge < -0.3 is 16.4 Å². The van der Waals surface area contributed by atoms with Crippen LogP contribution in [-0.2, 0) is 0 Å². The Morgan fingerprint density at radius 2 is 2.05 bits per heavy atom. The minimum Gasteiger partial charge on any atom is -0.370 e. The fourth-order valence-electron chi connectivity index (χ4n) is 1.70. The maximum atomic E-state index is 13.8. The Bertz CT molecular complexity index is 680. The third kappa shape index (κ3) is 3.79. The summed E-state index contributed by atoms with van der Waals surface area (Å²) in [5, 5.41) is 14.6. The fourth-order valence-corrected chi connectivity index (χ4v) is 1.70. The summed E-state index contributed by atoms with van der Waals surface area (Å²) in [6.07, 6.45) is 0.941. The number of nitrogens with zero attached hydrogens (tertiary/aromatic N) is 3. The first-order valence-corrected chi connectivity index (χ1v) is 6.47. The van der Waals surface area contributed by atoms with E-state index in [4.69, 9.17) is 11.0 Å². The molecule has 21 heavy (non-hydrogen) atoms. The third-order valence-corrected chi connectivity index (χ3v) is 2.66. The second kappa shape index (κ2) is 6.52. The van der Waals surface area contributed by atoms with Gasteiger partial charge in [0.1, 0.15) is 17.5 Å². The summed E-state index contributed by atoms with van der Waals surface area (Å²) in [5.41, 5.74) is 6.10. The molecule has 0 aliphatic carbocycles. The number of halogens is 1. The number of nitrogens with two attached hydrogens (primary N) is 1. The van der Waals surface area contributed by atoms with Crippen molar-refractivity contribution in [2.75, 3.05) is 22.9 Å². The molecule has 108 valence electrons. The number of anilines is 4. The van der Waals surface area contributed by atoms with Gasteiger partial charge in [-0.1, -0.05) is 6.92 Å². The Hall–Kier alpha value is -2.88. The van der Waals surface area contributed by atoms with Crippen molar-refractivity contribution in [3.8, 4) is 6.07 Å². The highest BCUT2D eigenvalue weighted by molar-refractivity contribution is 5.62. The van der Waals surface area contributed by atoms with Crippen molar-refractivity contribution >= 4 is 23.3 Å². The number of rotatable bonds is 5. The summed E-state index contributed by atoms with van der Waals surface area (Å²) in [5.74, 6) is 0.507. The van der Waals surface area contributed by atoms with Crippen molar-refractivity contribution in [1.82, 2.24) is 9.97 Å². The van der Waals surface area contributed by atoms with E-state index >= 15 is 0 Å². The normalized spacial score (nSPS) is 9.95. The average Bonchev–Trinajstić information content (AvgIpc) is 2.46. The molecular formula is C14H15FN6. The van der Waals surface area contributed by atoms with Gasteiger partial charge in [-0.15, -0.1) is 0 Å². The highest BCUT2D eigenvalue weighted by atomic mass is 19.1. The molecular weight excluding hydrogens is 271 g/mol. The highest BCUT2D eigenvalue weighted by Crippen LogP contribution is 2.21. The van der Waals surface area contributed by atoms with Crippen LogP contribution in [0.15, 0.2) is 24.3 Å². The molecule has 0 amide bonds. The van der Waals surface area contributed by atoms with E-state index in [0.29, 0.717) is 11.6 Å². The van der Waals surface area contributed by atoms with Gasteiger partial charge >= 0.3 is 0 Å². The summed E-state index contributed by atoms with van der Waals surface area (Å²) in [4.78, 5) is 8.05. The summed E-state index contributed by atoms with van der Waals surface area (Å²) in [6.45, 7) is 2.78. The Morgan fingerprint density at radius 3 is 2.71 bits per heavy atom. The average molecular weight is 286 g/mol. The fraction of sp³-hybridized carbons (Fsp3) is 0.214. The smallest absolute Gasteiger partial charge is 0.223 e. The maximum absolute atomic E-state index is 13.8. The van der Waals surface area contributed by atoms with E-state index in [1.54, 1.807) is 6.07 Å². The molecule has 0 saturated heterocycles. The minimum absolute atomic E-state index is 0.0904. The molecule has 0 atom stereocenters. The topological polar surface area (TPSA) is 99.6 Å². The molecule has 0 aliphatic heterocycles. The molecule has 0 fully saturated rings. The van der Waals surface area contributed by atoms with Crippen molar-refractivity contribution < 1.29 is 4.39 Å². The van der Waals surface area contributed by atoms with Gasteiger partial charge in [-0.3, -0.25) is 0 Å². The van der Waals surface area contributed by atoms with Crippen LogP contribution in [0.25, 0.3) is 0 Å². The molecule has 6 nitrogen and oxygen atoms in total. The van der Waals surface area contributed by atoms with Crippen LogP contribution in [0.1, 0.15) is 18.9 Å². The number of nitrogens with one attached hydrogen (secondary N) is 2. The molecule has 0 radical (unpaired) electrons. The van der Waals surface area contributed by atoms with Crippen LogP contribution in [0.3, 0.4) is 0 Å². The first-order chi connectivity index (χ1) is 10.1. The van der Waals surface area contributed by atoms with E-state index < -0.39 is 5.82 Å². The zero-order valence-electron chi connectivity index (χ0n) is 11.5. The van der Waals surface area contributed by atoms with Crippen LogP contribution in [-0.4, -0.2) is 16.5 Å². The predicted octanol–water partition coefficient (Wildman–Crippen LogP) is 2.64. The summed E-state index contributed by atoms with van der Waals surface area (Å²) >= 11 is 0. The zero-order valence-corrected chi connectivity index (χ0v) is 11.5. The Labute approximate surface area is 121 Å². The number of aromatic nitrogens is 2. The summed E-state index contributed by atoms with van der Waals surface area (Å²) in [6, 6.07) is 7.67. The lowest BCUT2D eigenvalue weighted by molar-refractivity contribution is 0.631. The lowest BCUT2D eigenvalue weighted by Crippen LogP contribution is -2.07. The largest absolute Gasteiger partial charge is 0.370 e. The van der Waals surface area contributed by atoms with Crippen LogP contribution in [0.2, 0.25) is 0 Å². The lowest BCUT2D eigenvalue weighted by atomic mass is 10.2. The quantitative estimate of drug-likeness (QED) is 0.781. The van der Waals surface area contributed by atoms with Crippen LogP contribution in [0.4, 0.5) is 27.7 Å². The first kappa shape index (κ1) is 14.5. The van der Waals surface area contributed by atoms with Crippen molar-refractivity contribution in [2.45, 2.75) is 13.3 Å². The van der Waals surface area contributed by atoms with Gasteiger partial charge in [-0.2, -0.15) is 15.2 Å². The lowest BCUT2D eigenvalue weighted by Gasteiger charge is -2.10. The molecule has 0 spiro atoms. The number of nitriles is 1. The molecule has 0 bridgehead atoms. The van der Waals surface area contributed by atoms with Crippen LogP contribution in [0.5, 0.6) is 0 Å². The van der Waals surface area contributed by atoms with Crippen molar-refractivity contribution in [3.05, 3.63) is 35.6 Å². The van der Waals surface area contributed by atoms with Gasteiger partial charge in [0.25, 0.3) is 0 Å². The first-order valence-electron chi connectivity index (χ1n) is 6.47. The summed E-state index contributed by atoms with van der Waals surface area (Å²) < 4.78 is 13.8. The SMILES string of the molecule is CCCNc1cc(Nc2ccc(C#N)cc2F)nc(N)n1. The second-order valence-corrected chi connectivity index (χ2v) is 4.35. The zero-order chi connectivity index (χ0) is 15.2. The molecule has 2 aromatic rings. The van der Waals surface area contributed by atoms with Gasteiger partial charge in [0, 0.05) is 12.6 Å². The molecule has 1 aromatic heterocycles. The molecule has 1 heterocycles. The minimum atomic E-state index is -0.533. The van der Waals surface area contributed by atoms with Gasteiger partial charge in [0.05, 0.1) is 17.3 Å². The molecule has 2 rings (SSSR count). The standard InChI is InChI=1S/C14H15FN6/c1-2-5-18-12-7-13(21-14(17)20-12)19-11-4-3-9(8-16)6-10(11)15/h3-4,6-7H,2,5H2,1H3,(H4,17,18,19,20,21). The van der Waals surface area contributed by atoms with Crippen molar-refractivity contribution in [2.24, 2.45) is 0 Å². The number of benzene rings is 1. The van der Waals surface area contributed by atoms with Gasteiger partial charge in [-0.25, -0.2) is 4.39 Å². The molecule has 0 aliphatic rings. The molecule has 0 unspecified atom stereocenters. The number of nitrogen functional groups attached to an aromatic ring is 1. The maximum Gasteiger partial charge on any atom is 0.223 e. The monoisotopic (exact) mass is 286 g/mol. The van der Waals surface area contributed by atoms with E-state index in [1.165, 1.54) is 12.1 Å². The van der Waals surface area contributed by atoms with E-state index in [2.05, 4.69) is 20.6 Å². The summed E-state index contributed by atoms with van der Waals surface area (Å²) in [7, 11) is 0. The Morgan fingerprint density at radius 1 is 1.29 bits per heavy atom. The van der Waals surface area contributed by atoms with Gasteiger partial charge in [-0.05, 0) is 24.6 Å². The number of hydrogen-bond acceptors (Lipinski definition) is 6. The van der Waals surface area contributed by atoms with Crippen LogP contribution >= 0.6 is 0 Å². The molecule has 0 saturated carbocycles. The Balaban J connectivity index is 2.23. The Kier molecular flexibility index (Phi) is 4.51. The molecule has 1 aromatic carbocycles. The van der Waals surface area contributed by atoms with Crippen LogP contribution < -0.4 is 16.4 Å². The van der Waals surface area contributed by atoms with Gasteiger partial charge in [0.2, 0.25) is 5.95 Å². The predicted molar refractivity (Wildman–Crippen MR) is 79.6 cm³/mol. The van der Waals surface area contributed by atoms with E-state index in [-0.39, 0.29) is 17.2 Å². The molecule has 7 heteroatoms. The highest BCUT2D eigenvalue weighted by Gasteiger charge is 2.07. The third-order valence-electron chi connectivity index (χ3n) is 2.66. The van der Waals surface area contributed by atoms with Crippen molar-refractivity contribution in [1.29, 1.82) is 5.26 Å². The van der Waals surface area contributed by atoms with Crippen LogP contribution in [0, 0.1) is 17.1 Å². The number of hydrogen-bond donors (Lipinski definition) is 3. The van der Waals surface area contributed by atoms with E-state index in [1.807, 2.05) is 13.0 Å². The van der Waals surface area contributed by atoms with E-state index in [0.717, 1.165) is 19.0 Å².